The number of nitriles is 1. The Balaban J connectivity index is 1.50. The van der Waals surface area contributed by atoms with Crippen LogP contribution in [0, 0.1) is 17.1 Å². The Morgan fingerprint density at radius 3 is 2.90 bits per heavy atom. The minimum atomic E-state index is -0.564. The maximum Gasteiger partial charge on any atom is 0.352 e. The molecule has 0 spiro atoms. The van der Waals surface area contributed by atoms with E-state index in [0.717, 1.165) is 38.3 Å². The first kappa shape index (κ1) is 20.9. The third-order valence-electron chi connectivity index (χ3n) is 5.88. The molecule has 31 heavy (non-hydrogen) atoms. The number of ether oxygens (including phenoxy) is 1. The number of aromatic nitrogens is 2. The summed E-state index contributed by atoms with van der Waals surface area (Å²) in [6.45, 7) is 7.67. The quantitative estimate of drug-likeness (QED) is 0.711. The Morgan fingerprint density at radius 1 is 1.32 bits per heavy atom. The fourth-order valence-corrected chi connectivity index (χ4v) is 4.38. The molecular weight excluding hydrogens is 397 g/mol. The van der Waals surface area contributed by atoms with Crippen LogP contribution in [-0.4, -0.2) is 40.1 Å². The summed E-state index contributed by atoms with van der Waals surface area (Å²) in [5, 5.41) is 8.98. The molecule has 1 atom stereocenters. The number of anilines is 1. The Bertz CT molecular complexity index is 1100. The van der Waals surface area contributed by atoms with E-state index in [4.69, 9.17) is 10.00 Å². The molecule has 1 fully saturated rings. The lowest BCUT2D eigenvalue weighted by Gasteiger charge is -2.40. The van der Waals surface area contributed by atoms with Crippen LogP contribution < -0.4 is 15.3 Å². The van der Waals surface area contributed by atoms with E-state index in [1.807, 2.05) is 6.07 Å². The van der Waals surface area contributed by atoms with E-state index >= 15 is 0 Å². The number of benzene rings is 1. The fourth-order valence-electron chi connectivity index (χ4n) is 4.38. The van der Waals surface area contributed by atoms with E-state index in [-0.39, 0.29) is 29.8 Å². The van der Waals surface area contributed by atoms with E-state index in [9.17, 15) is 9.18 Å². The van der Waals surface area contributed by atoms with Gasteiger partial charge in [-0.25, -0.2) is 9.18 Å². The first-order chi connectivity index (χ1) is 15.0. The van der Waals surface area contributed by atoms with E-state index in [1.165, 1.54) is 17.8 Å². The molecule has 1 aromatic carbocycles. The lowest BCUT2D eigenvalue weighted by atomic mass is 10.1. The summed E-state index contributed by atoms with van der Waals surface area (Å²) in [6.07, 6.45) is 4.30. The number of hydrogen-bond acceptors (Lipinski definition) is 6. The highest BCUT2D eigenvalue weighted by Gasteiger charge is 2.35. The Kier molecular flexibility index (Phi) is 5.94. The maximum absolute atomic E-state index is 13.5. The van der Waals surface area contributed by atoms with E-state index in [2.05, 4.69) is 34.7 Å². The largest absolute Gasteiger partial charge is 0.473 e. The molecule has 0 aliphatic carbocycles. The summed E-state index contributed by atoms with van der Waals surface area (Å²) < 4.78 is 20.9. The molecule has 0 saturated carbocycles. The zero-order valence-electron chi connectivity index (χ0n) is 17.8. The van der Waals surface area contributed by atoms with Crippen LogP contribution in [0.3, 0.4) is 0 Å². The third-order valence-corrected chi connectivity index (χ3v) is 5.88. The van der Waals surface area contributed by atoms with Gasteiger partial charge in [0.05, 0.1) is 18.2 Å². The van der Waals surface area contributed by atoms with Crippen LogP contribution in [0.25, 0.3) is 0 Å². The second-order valence-electron chi connectivity index (χ2n) is 7.81. The standard InChI is InChI=1S/C23H26FN5O2/c1-3-5-18(4-2)27-8-9-28-19(13-27)14-29-22(28)11-21(26-23(29)30)31-15-16-6-7-20(24)17(10-16)12-25/h5-7,10-11,19H,3-4,8-9,13-15H2,1-2H3. The molecule has 0 N–H and O–H groups in total. The lowest BCUT2D eigenvalue weighted by Crippen LogP contribution is -2.51. The number of fused-ring (bicyclic) bond motifs is 3. The van der Waals surface area contributed by atoms with Gasteiger partial charge in [0, 0.05) is 31.4 Å². The minimum Gasteiger partial charge on any atom is -0.473 e. The maximum atomic E-state index is 13.5. The SMILES string of the molecule is CCC=C(CC)N1CCN2c3cc(OCc4ccc(F)c(C#N)c4)nc(=O)n3CC2C1. The highest BCUT2D eigenvalue weighted by molar-refractivity contribution is 5.48. The van der Waals surface area contributed by atoms with Crippen molar-refractivity contribution >= 4 is 5.82 Å². The van der Waals surface area contributed by atoms with Crippen molar-refractivity contribution in [2.24, 2.45) is 0 Å². The second-order valence-corrected chi connectivity index (χ2v) is 7.81. The van der Waals surface area contributed by atoms with E-state index in [1.54, 1.807) is 16.7 Å². The zero-order chi connectivity index (χ0) is 22.0. The normalized spacial score (nSPS) is 17.9. The smallest absolute Gasteiger partial charge is 0.352 e. The molecule has 162 valence electrons. The van der Waals surface area contributed by atoms with Crippen LogP contribution in [0.1, 0.15) is 37.8 Å². The fraction of sp³-hybridized carbons (Fsp3) is 0.435. The molecule has 2 aromatic rings. The minimum absolute atomic E-state index is 0.0348. The zero-order valence-corrected chi connectivity index (χ0v) is 17.8. The first-order valence-electron chi connectivity index (χ1n) is 10.7. The van der Waals surface area contributed by atoms with E-state index < -0.39 is 5.82 Å². The number of hydrogen-bond donors (Lipinski definition) is 0. The van der Waals surface area contributed by atoms with Gasteiger partial charge in [-0.3, -0.25) is 4.57 Å². The van der Waals surface area contributed by atoms with Crippen molar-refractivity contribution in [1.82, 2.24) is 14.5 Å². The van der Waals surface area contributed by atoms with Gasteiger partial charge in [0.2, 0.25) is 5.88 Å². The number of rotatable bonds is 6. The average Bonchev–Trinajstić information content (AvgIpc) is 3.15. The molecule has 0 radical (unpaired) electrons. The second kappa shape index (κ2) is 8.80. The van der Waals surface area contributed by atoms with Crippen molar-refractivity contribution in [2.75, 3.05) is 24.5 Å². The van der Waals surface area contributed by atoms with Gasteiger partial charge in [0.25, 0.3) is 0 Å². The monoisotopic (exact) mass is 423 g/mol. The van der Waals surface area contributed by atoms with Crippen molar-refractivity contribution < 1.29 is 9.13 Å². The van der Waals surface area contributed by atoms with Crippen LogP contribution in [-0.2, 0) is 13.2 Å². The van der Waals surface area contributed by atoms with Crippen molar-refractivity contribution in [2.45, 2.75) is 45.9 Å². The highest BCUT2D eigenvalue weighted by Crippen LogP contribution is 2.30. The molecule has 1 aromatic heterocycles. The van der Waals surface area contributed by atoms with Crippen LogP contribution >= 0.6 is 0 Å². The van der Waals surface area contributed by atoms with Gasteiger partial charge in [0.15, 0.2) is 0 Å². The Morgan fingerprint density at radius 2 is 2.16 bits per heavy atom. The van der Waals surface area contributed by atoms with Gasteiger partial charge in [0.1, 0.15) is 24.3 Å². The van der Waals surface area contributed by atoms with E-state index in [0.29, 0.717) is 12.1 Å². The van der Waals surface area contributed by atoms with Crippen molar-refractivity contribution in [3.05, 3.63) is 63.5 Å². The molecule has 0 amide bonds. The summed E-state index contributed by atoms with van der Waals surface area (Å²) in [7, 11) is 0. The Labute approximate surface area is 181 Å². The van der Waals surface area contributed by atoms with Crippen molar-refractivity contribution in [1.29, 1.82) is 5.26 Å². The summed E-state index contributed by atoms with van der Waals surface area (Å²) in [5.74, 6) is 0.502. The molecule has 0 bridgehead atoms. The van der Waals surface area contributed by atoms with Gasteiger partial charge in [-0.05, 0) is 30.5 Å². The molecule has 1 saturated heterocycles. The summed E-state index contributed by atoms with van der Waals surface area (Å²) in [5.41, 5.74) is 1.64. The van der Waals surface area contributed by atoms with Gasteiger partial charge in [-0.15, -0.1) is 0 Å². The lowest BCUT2D eigenvalue weighted by molar-refractivity contribution is 0.269. The van der Waals surface area contributed by atoms with Gasteiger partial charge >= 0.3 is 5.69 Å². The third kappa shape index (κ3) is 4.13. The molecular formula is C23H26FN5O2. The molecule has 1 unspecified atom stereocenters. The van der Waals surface area contributed by atoms with Crippen LogP contribution in [0.15, 0.2) is 40.8 Å². The van der Waals surface area contributed by atoms with Crippen molar-refractivity contribution in [3.63, 3.8) is 0 Å². The Hall–Kier alpha value is -3.34. The summed E-state index contributed by atoms with van der Waals surface area (Å²) in [4.78, 5) is 21.4. The highest BCUT2D eigenvalue weighted by atomic mass is 19.1. The van der Waals surface area contributed by atoms with Crippen molar-refractivity contribution in [3.8, 4) is 11.9 Å². The van der Waals surface area contributed by atoms with Crippen LogP contribution in [0.5, 0.6) is 5.88 Å². The molecule has 8 heteroatoms. The molecule has 2 aliphatic heterocycles. The average molecular weight is 423 g/mol. The first-order valence-corrected chi connectivity index (χ1v) is 10.7. The predicted octanol–water partition coefficient (Wildman–Crippen LogP) is 3.04. The van der Waals surface area contributed by atoms with Gasteiger partial charge in [-0.2, -0.15) is 10.2 Å². The van der Waals surface area contributed by atoms with Gasteiger partial charge < -0.3 is 14.5 Å². The van der Waals surface area contributed by atoms with Gasteiger partial charge in [-0.1, -0.05) is 26.0 Å². The van der Waals surface area contributed by atoms with Crippen LogP contribution in [0.4, 0.5) is 10.2 Å². The molecule has 3 heterocycles. The molecule has 2 aliphatic rings. The summed E-state index contributed by atoms with van der Waals surface area (Å²) >= 11 is 0. The molecule has 7 nitrogen and oxygen atoms in total. The predicted molar refractivity (Wildman–Crippen MR) is 115 cm³/mol. The number of halogens is 1. The topological polar surface area (TPSA) is 74.4 Å². The number of nitrogens with zero attached hydrogens (tertiary/aromatic N) is 5. The van der Waals surface area contributed by atoms with Crippen LogP contribution in [0.2, 0.25) is 0 Å². The molecule has 4 rings (SSSR count). The number of piperazine rings is 1. The number of allylic oxidation sites excluding steroid dienone is 2. The summed E-state index contributed by atoms with van der Waals surface area (Å²) in [6, 6.07) is 8.08.